The molecule has 1 aliphatic carbocycles. The lowest BCUT2D eigenvalue weighted by Gasteiger charge is -2.21. The van der Waals surface area contributed by atoms with Crippen LogP contribution < -0.4 is 0 Å². The molecule has 1 aromatic rings. The molecule has 1 N–H and O–H groups in total. The van der Waals surface area contributed by atoms with Gasteiger partial charge in [0.05, 0.1) is 17.3 Å². The molecule has 19 heavy (non-hydrogen) atoms. The first kappa shape index (κ1) is 15.0. The lowest BCUT2D eigenvalue weighted by molar-refractivity contribution is 0.277. The minimum atomic E-state index is 0.0812. The Bertz CT molecular complexity index is 344. The summed E-state index contributed by atoms with van der Waals surface area (Å²) in [7, 11) is 0. The van der Waals surface area contributed by atoms with Gasteiger partial charge in [-0.15, -0.1) is 11.3 Å². The maximum Gasteiger partial charge on any atom is 0.0929 e. The van der Waals surface area contributed by atoms with Crippen molar-refractivity contribution in [1.29, 1.82) is 0 Å². The number of hydrogen-bond acceptors (Lipinski definition) is 3. The third-order valence-corrected chi connectivity index (χ3v) is 5.20. The van der Waals surface area contributed by atoms with Crippen molar-refractivity contribution >= 4 is 11.3 Å². The molecule has 0 aromatic carbocycles. The van der Waals surface area contributed by atoms with Crippen LogP contribution in [-0.4, -0.2) is 10.1 Å². The number of aliphatic hydroxyl groups is 1. The fraction of sp³-hybridized carbons (Fsp3) is 0.812. The van der Waals surface area contributed by atoms with E-state index in [-0.39, 0.29) is 6.61 Å². The van der Waals surface area contributed by atoms with Gasteiger partial charge in [0, 0.05) is 5.38 Å². The lowest BCUT2D eigenvalue weighted by Crippen LogP contribution is -2.05. The first-order chi connectivity index (χ1) is 9.38. The van der Waals surface area contributed by atoms with Crippen LogP contribution in [0.3, 0.4) is 0 Å². The van der Waals surface area contributed by atoms with Crippen LogP contribution >= 0.6 is 11.3 Å². The molecule has 1 aromatic heterocycles. The summed E-state index contributed by atoms with van der Waals surface area (Å²) in [6, 6.07) is 0. The van der Waals surface area contributed by atoms with Crippen LogP contribution in [0.4, 0.5) is 0 Å². The highest BCUT2D eigenvalue weighted by atomic mass is 32.1. The van der Waals surface area contributed by atoms with Gasteiger partial charge in [0.25, 0.3) is 0 Å². The van der Waals surface area contributed by atoms with Gasteiger partial charge in [0.1, 0.15) is 0 Å². The van der Waals surface area contributed by atoms with Gasteiger partial charge in [0.2, 0.25) is 0 Å². The van der Waals surface area contributed by atoms with Gasteiger partial charge < -0.3 is 5.11 Å². The minimum Gasteiger partial charge on any atom is -0.390 e. The molecule has 0 bridgehead atoms. The van der Waals surface area contributed by atoms with Crippen molar-refractivity contribution in [3.8, 4) is 0 Å². The summed E-state index contributed by atoms with van der Waals surface area (Å²) in [6.45, 7) is 0.0812. The van der Waals surface area contributed by atoms with Crippen LogP contribution in [0.15, 0.2) is 5.38 Å². The average molecular weight is 281 g/mol. The van der Waals surface area contributed by atoms with E-state index in [1.807, 2.05) is 5.38 Å². The van der Waals surface area contributed by atoms with E-state index in [0.717, 1.165) is 18.0 Å². The Kier molecular flexibility index (Phi) is 6.86. The van der Waals surface area contributed by atoms with Gasteiger partial charge >= 0.3 is 0 Å². The number of unbranched alkanes of at least 4 members (excludes halogenated alkanes) is 3. The molecule has 2 rings (SSSR count). The standard InChI is InChI=1S/C16H27NOS/c18-12-15-13-19-16(17-15)11-7-2-1-4-8-14-9-5-3-6-10-14/h13-14,18H,1-12H2. The van der Waals surface area contributed by atoms with Gasteiger partial charge in [-0.1, -0.05) is 57.8 Å². The summed E-state index contributed by atoms with van der Waals surface area (Å²) in [5.41, 5.74) is 0.831. The minimum absolute atomic E-state index is 0.0812. The summed E-state index contributed by atoms with van der Waals surface area (Å²) in [6.07, 6.45) is 15.3. The first-order valence-electron chi connectivity index (χ1n) is 7.92. The third kappa shape index (κ3) is 5.62. The van der Waals surface area contributed by atoms with Gasteiger partial charge in [-0.2, -0.15) is 0 Å². The number of thiazole rings is 1. The molecule has 1 heterocycles. The Hall–Kier alpha value is -0.410. The molecule has 0 atom stereocenters. The molecule has 1 aliphatic rings. The van der Waals surface area contributed by atoms with Crippen LogP contribution in [-0.2, 0) is 13.0 Å². The van der Waals surface area contributed by atoms with Crippen molar-refractivity contribution in [2.45, 2.75) is 77.2 Å². The van der Waals surface area contributed by atoms with Crippen molar-refractivity contribution in [2.24, 2.45) is 5.92 Å². The van der Waals surface area contributed by atoms with Crippen LogP contribution in [0, 0.1) is 5.92 Å². The number of aromatic nitrogens is 1. The molecule has 3 heteroatoms. The summed E-state index contributed by atoms with van der Waals surface area (Å²) < 4.78 is 0. The molecule has 0 unspecified atom stereocenters. The molecule has 0 spiro atoms. The molecule has 1 saturated carbocycles. The van der Waals surface area contributed by atoms with Gasteiger partial charge in [-0.25, -0.2) is 4.98 Å². The normalized spacial score (nSPS) is 16.9. The van der Waals surface area contributed by atoms with Crippen molar-refractivity contribution < 1.29 is 5.11 Å². The highest BCUT2D eigenvalue weighted by Gasteiger charge is 2.12. The lowest BCUT2D eigenvalue weighted by atomic mass is 9.85. The Balaban J connectivity index is 1.47. The van der Waals surface area contributed by atoms with Crippen molar-refractivity contribution in [3.63, 3.8) is 0 Å². The van der Waals surface area contributed by atoms with Gasteiger partial charge in [0.15, 0.2) is 0 Å². The molecule has 0 saturated heterocycles. The Labute approximate surface area is 121 Å². The summed E-state index contributed by atoms with van der Waals surface area (Å²) >= 11 is 1.69. The van der Waals surface area contributed by atoms with Crippen LogP contribution in [0.1, 0.15) is 74.9 Å². The van der Waals surface area contributed by atoms with E-state index in [1.165, 1.54) is 69.2 Å². The molecule has 0 radical (unpaired) electrons. The number of rotatable bonds is 8. The van der Waals surface area contributed by atoms with Crippen molar-refractivity contribution in [3.05, 3.63) is 16.1 Å². The van der Waals surface area contributed by atoms with Crippen LogP contribution in [0.2, 0.25) is 0 Å². The second-order valence-electron chi connectivity index (χ2n) is 5.85. The molecule has 1 fully saturated rings. The summed E-state index contributed by atoms with van der Waals surface area (Å²) in [5.74, 6) is 1.04. The zero-order valence-electron chi connectivity index (χ0n) is 11.9. The number of aryl methyl sites for hydroxylation is 1. The van der Waals surface area contributed by atoms with E-state index in [4.69, 9.17) is 5.11 Å². The molecule has 0 amide bonds. The third-order valence-electron chi connectivity index (χ3n) is 4.24. The molecule has 2 nitrogen and oxygen atoms in total. The molecular weight excluding hydrogens is 254 g/mol. The molecule has 108 valence electrons. The first-order valence-corrected chi connectivity index (χ1v) is 8.80. The van der Waals surface area contributed by atoms with E-state index in [2.05, 4.69) is 4.98 Å². The van der Waals surface area contributed by atoms with Crippen LogP contribution in [0.5, 0.6) is 0 Å². The number of nitrogens with zero attached hydrogens (tertiary/aromatic N) is 1. The van der Waals surface area contributed by atoms with E-state index >= 15 is 0 Å². The highest BCUT2D eigenvalue weighted by Crippen LogP contribution is 2.28. The summed E-state index contributed by atoms with van der Waals surface area (Å²) in [4.78, 5) is 4.39. The zero-order valence-corrected chi connectivity index (χ0v) is 12.8. The predicted molar refractivity (Wildman–Crippen MR) is 81.4 cm³/mol. The SMILES string of the molecule is OCc1csc(CCCCCCC2CCCCC2)n1. The maximum atomic E-state index is 8.96. The Morgan fingerprint density at radius 2 is 1.89 bits per heavy atom. The monoisotopic (exact) mass is 281 g/mol. The molecule has 0 aliphatic heterocycles. The smallest absolute Gasteiger partial charge is 0.0929 e. The van der Waals surface area contributed by atoms with Gasteiger partial charge in [-0.05, 0) is 18.8 Å². The Morgan fingerprint density at radius 1 is 1.11 bits per heavy atom. The van der Waals surface area contributed by atoms with Crippen molar-refractivity contribution in [2.75, 3.05) is 0 Å². The quantitative estimate of drug-likeness (QED) is 0.700. The number of aliphatic hydroxyl groups excluding tert-OH is 1. The number of hydrogen-bond donors (Lipinski definition) is 1. The van der Waals surface area contributed by atoms with E-state index < -0.39 is 0 Å². The van der Waals surface area contributed by atoms with Crippen molar-refractivity contribution in [1.82, 2.24) is 4.98 Å². The highest BCUT2D eigenvalue weighted by molar-refractivity contribution is 7.09. The second-order valence-corrected chi connectivity index (χ2v) is 6.79. The van der Waals surface area contributed by atoms with Crippen LogP contribution in [0.25, 0.3) is 0 Å². The van der Waals surface area contributed by atoms with E-state index in [9.17, 15) is 0 Å². The van der Waals surface area contributed by atoms with E-state index in [0.29, 0.717) is 0 Å². The largest absolute Gasteiger partial charge is 0.390 e. The van der Waals surface area contributed by atoms with E-state index in [1.54, 1.807) is 11.3 Å². The van der Waals surface area contributed by atoms with Gasteiger partial charge in [-0.3, -0.25) is 0 Å². The molecular formula is C16H27NOS. The average Bonchev–Trinajstić information content (AvgIpc) is 2.92. The Morgan fingerprint density at radius 3 is 2.63 bits per heavy atom. The predicted octanol–water partition coefficient (Wildman–Crippen LogP) is 4.71. The maximum absolute atomic E-state index is 8.96. The second kappa shape index (κ2) is 8.70. The fourth-order valence-corrected chi connectivity index (χ4v) is 3.91. The summed E-state index contributed by atoms with van der Waals surface area (Å²) in [5, 5.41) is 12.1. The zero-order chi connectivity index (χ0) is 13.3. The fourth-order valence-electron chi connectivity index (χ4n) is 3.07. The topological polar surface area (TPSA) is 33.1 Å².